The molecule has 0 amide bonds. The predicted molar refractivity (Wildman–Crippen MR) is 79.2 cm³/mol. The molecule has 20 heavy (non-hydrogen) atoms. The average molecular weight is 411 g/mol. The minimum absolute atomic E-state index is 0.181. The molecule has 2 rings (SSSR count). The van der Waals surface area contributed by atoms with Crippen LogP contribution in [0.2, 0.25) is 0 Å². The number of alkyl halides is 2. The first-order chi connectivity index (χ1) is 9.52. The number of ether oxygens (including phenoxy) is 1. The Balaban J connectivity index is 2.16. The minimum atomic E-state index is -2.60. The molecule has 0 aliphatic carbocycles. The smallest absolute Gasteiger partial charge is 0.319 e. The van der Waals surface area contributed by atoms with E-state index in [-0.39, 0.29) is 12.4 Å². The van der Waals surface area contributed by atoms with Crippen LogP contribution in [-0.2, 0) is 6.54 Å². The molecule has 0 fully saturated rings. The van der Waals surface area contributed by atoms with Crippen LogP contribution in [0, 0.1) is 0 Å². The maximum atomic E-state index is 12.7. The van der Waals surface area contributed by atoms with E-state index in [1.165, 1.54) is 12.4 Å². The van der Waals surface area contributed by atoms with Crippen molar-refractivity contribution in [3.8, 4) is 5.75 Å². The largest absolute Gasteiger partial charge is 0.495 e. The van der Waals surface area contributed by atoms with Crippen LogP contribution < -0.4 is 10.1 Å². The van der Waals surface area contributed by atoms with Gasteiger partial charge in [0, 0.05) is 22.9 Å². The highest BCUT2D eigenvalue weighted by molar-refractivity contribution is 9.11. The summed E-state index contributed by atoms with van der Waals surface area (Å²) in [5.41, 5.74) is 0.730. The van der Waals surface area contributed by atoms with Gasteiger partial charge in [-0.3, -0.25) is 4.57 Å². The second-order valence-corrected chi connectivity index (χ2v) is 5.56. The molecule has 4 nitrogen and oxygen atoms in total. The van der Waals surface area contributed by atoms with Gasteiger partial charge in [0.2, 0.25) is 0 Å². The van der Waals surface area contributed by atoms with Gasteiger partial charge >= 0.3 is 6.55 Å². The summed E-state index contributed by atoms with van der Waals surface area (Å²) in [6.07, 6.45) is 2.60. The lowest BCUT2D eigenvalue weighted by Gasteiger charge is -2.12. The van der Waals surface area contributed by atoms with E-state index in [9.17, 15) is 8.78 Å². The Bertz CT molecular complexity index is 604. The Hall–Kier alpha value is -1.15. The van der Waals surface area contributed by atoms with Crippen LogP contribution in [0.1, 0.15) is 12.4 Å². The Kier molecular flexibility index (Phi) is 4.98. The molecule has 0 atom stereocenters. The Labute approximate surface area is 131 Å². The molecule has 8 heteroatoms. The predicted octanol–water partition coefficient (Wildman–Crippen LogP) is 4.42. The van der Waals surface area contributed by atoms with Gasteiger partial charge in [0.1, 0.15) is 11.6 Å². The van der Waals surface area contributed by atoms with Crippen LogP contribution in [0.4, 0.5) is 14.5 Å². The standard InChI is InChI=1S/C12H11Br2F2N3O/c1-20-10-5-9(7(13)4-8(10)14)18-6-11-17-2-3-19(11)12(15)16/h2-5,12,18H,6H2,1H3. The molecule has 0 saturated carbocycles. The molecule has 108 valence electrons. The van der Waals surface area contributed by atoms with Gasteiger partial charge in [0.25, 0.3) is 0 Å². The maximum Gasteiger partial charge on any atom is 0.319 e. The molecule has 0 saturated heterocycles. The monoisotopic (exact) mass is 409 g/mol. The fraction of sp³-hybridized carbons (Fsp3) is 0.250. The summed E-state index contributed by atoms with van der Waals surface area (Å²) in [5, 5.41) is 3.05. The van der Waals surface area contributed by atoms with E-state index in [2.05, 4.69) is 42.2 Å². The van der Waals surface area contributed by atoms with Gasteiger partial charge in [-0.2, -0.15) is 8.78 Å². The van der Waals surface area contributed by atoms with Gasteiger partial charge in [0.05, 0.1) is 23.8 Å². The van der Waals surface area contributed by atoms with E-state index in [4.69, 9.17) is 4.74 Å². The second-order valence-electron chi connectivity index (χ2n) is 3.85. The number of hydrogen-bond acceptors (Lipinski definition) is 3. The first kappa shape index (κ1) is 15.2. The lowest BCUT2D eigenvalue weighted by Crippen LogP contribution is -2.09. The van der Waals surface area contributed by atoms with Crippen LogP contribution in [0.3, 0.4) is 0 Å². The number of methoxy groups -OCH3 is 1. The molecule has 0 bridgehead atoms. The fourth-order valence-corrected chi connectivity index (χ4v) is 2.95. The number of imidazole rings is 1. The van der Waals surface area contributed by atoms with Crippen molar-refractivity contribution < 1.29 is 13.5 Å². The Morgan fingerprint density at radius 1 is 1.35 bits per heavy atom. The quantitative estimate of drug-likeness (QED) is 0.792. The highest BCUT2D eigenvalue weighted by atomic mass is 79.9. The van der Waals surface area contributed by atoms with Crippen LogP contribution in [0.5, 0.6) is 5.75 Å². The number of nitrogens with zero attached hydrogens (tertiary/aromatic N) is 2. The SMILES string of the molecule is COc1cc(NCc2nccn2C(F)F)c(Br)cc1Br. The molecular weight excluding hydrogens is 400 g/mol. The van der Waals surface area contributed by atoms with Crippen LogP contribution in [0.25, 0.3) is 0 Å². The number of anilines is 1. The third-order valence-corrected chi connectivity index (χ3v) is 3.91. The summed E-state index contributed by atoms with van der Waals surface area (Å²) in [6, 6.07) is 3.59. The van der Waals surface area contributed by atoms with E-state index in [0.29, 0.717) is 5.75 Å². The molecule has 1 aromatic heterocycles. The summed E-state index contributed by atoms with van der Waals surface area (Å²) in [7, 11) is 1.56. The first-order valence-electron chi connectivity index (χ1n) is 5.59. The van der Waals surface area contributed by atoms with Crippen molar-refractivity contribution in [1.82, 2.24) is 9.55 Å². The zero-order valence-corrected chi connectivity index (χ0v) is 13.6. The van der Waals surface area contributed by atoms with Crippen molar-refractivity contribution >= 4 is 37.5 Å². The van der Waals surface area contributed by atoms with Gasteiger partial charge in [-0.25, -0.2) is 4.98 Å². The Morgan fingerprint density at radius 3 is 2.75 bits per heavy atom. The van der Waals surface area contributed by atoms with E-state index in [1.54, 1.807) is 13.2 Å². The molecular formula is C12H11Br2F2N3O. The van der Waals surface area contributed by atoms with Crippen LogP contribution in [0.15, 0.2) is 33.5 Å². The van der Waals surface area contributed by atoms with Crippen LogP contribution in [-0.4, -0.2) is 16.7 Å². The summed E-state index contributed by atoms with van der Waals surface area (Å²) in [5.74, 6) is 0.904. The van der Waals surface area contributed by atoms with Crippen molar-refractivity contribution in [2.75, 3.05) is 12.4 Å². The van der Waals surface area contributed by atoms with E-state index in [0.717, 1.165) is 19.2 Å². The van der Waals surface area contributed by atoms with Crippen molar-refractivity contribution in [1.29, 1.82) is 0 Å². The number of aromatic nitrogens is 2. The summed E-state index contributed by atoms with van der Waals surface area (Å²) in [4.78, 5) is 3.91. The van der Waals surface area contributed by atoms with E-state index >= 15 is 0 Å². The number of rotatable bonds is 5. The summed E-state index contributed by atoms with van der Waals surface area (Å²) in [6.45, 7) is -2.42. The molecule has 0 aliphatic heterocycles. The van der Waals surface area contributed by atoms with Gasteiger partial charge in [-0.05, 0) is 37.9 Å². The van der Waals surface area contributed by atoms with Crippen LogP contribution >= 0.6 is 31.9 Å². The Morgan fingerprint density at radius 2 is 2.10 bits per heavy atom. The highest BCUT2D eigenvalue weighted by Crippen LogP contribution is 2.34. The molecule has 2 aromatic rings. The lowest BCUT2D eigenvalue weighted by atomic mass is 10.3. The third kappa shape index (κ3) is 3.29. The number of hydrogen-bond donors (Lipinski definition) is 1. The molecule has 1 N–H and O–H groups in total. The van der Waals surface area contributed by atoms with Crippen molar-refractivity contribution in [3.05, 3.63) is 39.3 Å². The van der Waals surface area contributed by atoms with E-state index < -0.39 is 6.55 Å². The second kappa shape index (κ2) is 6.53. The average Bonchev–Trinajstić information content (AvgIpc) is 2.86. The molecule has 0 aliphatic rings. The van der Waals surface area contributed by atoms with Gasteiger partial charge in [-0.1, -0.05) is 0 Å². The van der Waals surface area contributed by atoms with E-state index in [1.807, 2.05) is 6.07 Å². The topological polar surface area (TPSA) is 39.1 Å². The van der Waals surface area contributed by atoms with Gasteiger partial charge in [-0.15, -0.1) is 0 Å². The molecule has 1 aromatic carbocycles. The summed E-state index contributed by atoms with van der Waals surface area (Å²) < 4.78 is 33.0. The van der Waals surface area contributed by atoms with Gasteiger partial charge in [0.15, 0.2) is 0 Å². The minimum Gasteiger partial charge on any atom is -0.495 e. The molecule has 0 spiro atoms. The maximum absolute atomic E-state index is 12.7. The summed E-state index contributed by atoms with van der Waals surface area (Å²) >= 11 is 6.76. The molecule has 1 heterocycles. The van der Waals surface area contributed by atoms with Crippen molar-refractivity contribution in [3.63, 3.8) is 0 Å². The van der Waals surface area contributed by atoms with Crippen molar-refractivity contribution in [2.45, 2.75) is 13.1 Å². The van der Waals surface area contributed by atoms with Crippen molar-refractivity contribution in [2.24, 2.45) is 0 Å². The van der Waals surface area contributed by atoms with Gasteiger partial charge < -0.3 is 10.1 Å². The molecule has 0 radical (unpaired) electrons. The highest BCUT2D eigenvalue weighted by Gasteiger charge is 2.12. The zero-order valence-electron chi connectivity index (χ0n) is 10.4. The zero-order chi connectivity index (χ0) is 14.7. The number of benzene rings is 1. The number of nitrogens with one attached hydrogen (secondary N) is 1. The first-order valence-corrected chi connectivity index (χ1v) is 7.18. The normalized spacial score (nSPS) is 10.9. The fourth-order valence-electron chi connectivity index (χ4n) is 1.65. The number of halogens is 4. The lowest BCUT2D eigenvalue weighted by molar-refractivity contribution is 0.0673. The molecule has 0 unspecified atom stereocenters. The third-order valence-electron chi connectivity index (χ3n) is 2.64.